The summed E-state index contributed by atoms with van der Waals surface area (Å²) < 4.78 is 1.05. The largest absolute Gasteiger partial charge is 0.394 e. The Balaban J connectivity index is 2.09. The maximum atomic E-state index is 12.1. The van der Waals surface area contributed by atoms with E-state index in [9.17, 15) is 24.6 Å². The predicted molar refractivity (Wildman–Crippen MR) is 86.5 cm³/mol. The molecule has 0 unspecified atom stereocenters. The SMILES string of the molecule is Cc1cn(CC(=O)N[C@@H](CO)[C@@H](O)c2ccccc2)c(=O)[nH]c1=O. The number of hydrogen-bond acceptors (Lipinski definition) is 5. The Morgan fingerprint density at radius 1 is 1.29 bits per heavy atom. The molecule has 0 fully saturated rings. The number of nitrogens with one attached hydrogen (secondary N) is 2. The van der Waals surface area contributed by atoms with Gasteiger partial charge in [0.05, 0.1) is 12.6 Å². The van der Waals surface area contributed by atoms with E-state index in [1.807, 2.05) is 0 Å². The number of aromatic amines is 1. The van der Waals surface area contributed by atoms with Crippen LogP contribution in [0.1, 0.15) is 17.2 Å². The smallest absolute Gasteiger partial charge is 0.328 e. The zero-order chi connectivity index (χ0) is 17.7. The van der Waals surface area contributed by atoms with Crippen LogP contribution in [0.5, 0.6) is 0 Å². The van der Waals surface area contributed by atoms with Crippen molar-refractivity contribution >= 4 is 5.91 Å². The average Bonchev–Trinajstić information content (AvgIpc) is 2.57. The van der Waals surface area contributed by atoms with E-state index in [1.54, 1.807) is 30.3 Å². The second kappa shape index (κ2) is 7.71. The molecule has 0 saturated heterocycles. The maximum Gasteiger partial charge on any atom is 0.328 e. The van der Waals surface area contributed by atoms with Gasteiger partial charge in [0.2, 0.25) is 5.91 Å². The molecule has 0 spiro atoms. The van der Waals surface area contributed by atoms with Gasteiger partial charge in [-0.15, -0.1) is 0 Å². The predicted octanol–water partition coefficient (Wildman–Crippen LogP) is -0.944. The number of amides is 1. The van der Waals surface area contributed by atoms with Crippen LogP contribution in [-0.4, -0.2) is 38.3 Å². The molecule has 128 valence electrons. The third kappa shape index (κ3) is 4.18. The lowest BCUT2D eigenvalue weighted by atomic mass is 10.0. The molecule has 8 nitrogen and oxygen atoms in total. The number of aromatic nitrogens is 2. The lowest BCUT2D eigenvalue weighted by molar-refractivity contribution is -0.123. The van der Waals surface area contributed by atoms with Gasteiger partial charge in [-0.3, -0.25) is 19.1 Å². The summed E-state index contributed by atoms with van der Waals surface area (Å²) in [5, 5.41) is 22.1. The van der Waals surface area contributed by atoms with E-state index < -0.39 is 35.9 Å². The molecule has 1 heterocycles. The van der Waals surface area contributed by atoms with Crippen molar-refractivity contribution < 1.29 is 15.0 Å². The minimum absolute atomic E-state index is 0.297. The summed E-state index contributed by atoms with van der Waals surface area (Å²) in [7, 11) is 0. The summed E-state index contributed by atoms with van der Waals surface area (Å²) in [6.07, 6.45) is 0.191. The Bertz CT molecular complexity index is 812. The molecule has 0 aliphatic rings. The molecular formula is C16H19N3O5. The number of carbonyl (C=O) groups is 1. The number of rotatable bonds is 6. The normalized spacial score (nSPS) is 13.3. The maximum absolute atomic E-state index is 12.1. The van der Waals surface area contributed by atoms with Crippen molar-refractivity contribution in [2.45, 2.75) is 25.6 Å². The van der Waals surface area contributed by atoms with Crippen LogP contribution < -0.4 is 16.6 Å². The van der Waals surface area contributed by atoms with Crippen LogP contribution in [-0.2, 0) is 11.3 Å². The van der Waals surface area contributed by atoms with Crippen molar-refractivity contribution in [1.82, 2.24) is 14.9 Å². The van der Waals surface area contributed by atoms with Crippen molar-refractivity contribution in [3.05, 3.63) is 68.5 Å². The molecule has 4 N–H and O–H groups in total. The number of hydrogen-bond donors (Lipinski definition) is 4. The summed E-state index contributed by atoms with van der Waals surface area (Å²) in [5.74, 6) is -0.572. The van der Waals surface area contributed by atoms with Gasteiger partial charge in [-0.25, -0.2) is 4.79 Å². The molecule has 1 aromatic heterocycles. The number of aryl methyl sites for hydroxylation is 1. The third-order valence-electron chi connectivity index (χ3n) is 3.57. The van der Waals surface area contributed by atoms with E-state index >= 15 is 0 Å². The number of carbonyl (C=O) groups excluding carboxylic acids is 1. The standard InChI is InChI=1S/C16H19N3O5/c1-10-7-19(16(24)18-15(10)23)8-13(21)17-12(9-20)14(22)11-5-3-2-4-6-11/h2-7,12,14,20,22H,8-9H2,1H3,(H,17,21)(H,18,23,24)/t12-,14-/m0/s1. The number of benzene rings is 1. The first kappa shape index (κ1) is 17.6. The van der Waals surface area contributed by atoms with Gasteiger partial charge in [0.15, 0.2) is 0 Å². The zero-order valence-electron chi connectivity index (χ0n) is 13.1. The van der Waals surface area contributed by atoms with Crippen LogP contribution in [0, 0.1) is 6.92 Å². The molecule has 0 bridgehead atoms. The van der Waals surface area contributed by atoms with Crippen LogP contribution in [0.4, 0.5) is 0 Å². The van der Waals surface area contributed by atoms with Gasteiger partial charge in [-0.1, -0.05) is 30.3 Å². The summed E-state index contributed by atoms with van der Waals surface area (Å²) in [5.41, 5.74) is -0.367. The van der Waals surface area contributed by atoms with Gasteiger partial charge < -0.3 is 15.5 Å². The van der Waals surface area contributed by atoms with Crippen LogP contribution >= 0.6 is 0 Å². The first-order valence-corrected chi connectivity index (χ1v) is 7.36. The van der Waals surface area contributed by atoms with Crippen molar-refractivity contribution in [2.75, 3.05) is 6.61 Å². The van der Waals surface area contributed by atoms with Gasteiger partial charge in [-0.2, -0.15) is 0 Å². The Morgan fingerprint density at radius 3 is 2.58 bits per heavy atom. The van der Waals surface area contributed by atoms with Gasteiger partial charge in [-0.05, 0) is 12.5 Å². The summed E-state index contributed by atoms with van der Waals surface area (Å²) in [6.45, 7) is 0.707. The van der Waals surface area contributed by atoms with E-state index in [0.29, 0.717) is 11.1 Å². The molecule has 1 amide bonds. The number of aliphatic hydroxyl groups is 2. The average molecular weight is 333 g/mol. The van der Waals surface area contributed by atoms with Crippen LogP contribution in [0.3, 0.4) is 0 Å². The van der Waals surface area contributed by atoms with Crippen molar-refractivity contribution in [3.63, 3.8) is 0 Å². The highest BCUT2D eigenvalue weighted by Gasteiger charge is 2.22. The van der Waals surface area contributed by atoms with Gasteiger partial charge in [0, 0.05) is 11.8 Å². The number of H-pyrrole nitrogens is 1. The quantitative estimate of drug-likeness (QED) is 0.543. The highest BCUT2D eigenvalue weighted by Crippen LogP contribution is 2.16. The number of nitrogens with zero attached hydrogens (tertiary/aromatic N) is 1. The Morgan fingerprint density at radius 2 is 1.96 bits per heavy atom. The lowest BCUT2D eigenvalue weighted by Crippen LogP contribution is -2.45. The first-order chi connectivity index (χ1) is 11.4. The fourth-order valence-electron chi connectivity index (χ4n) is 2.25. The molecule has 0 radical (unpaired) electrons. The minimum Gasteiger partial charge on any atom is -0.394 e. The summed E-state index contributed by atoms with van der Waals surface area (Å²) in [6, 6.07) is 7.69. The van der Waals surface area contributed by atoms with E-state index in [4.69, 9.17) is 0 Å². The van der Waals surface area contributed by atoms with E-state index in [2.05, 4.69) is 10.3 Å². The van der Waals surface area contributed by atoms with Gasteiger partial charge in [0.1, 0.15) is 12.6 Å². The van der Waals surface area contributed by atoms with Crippen molar-refractivity contribution in [3.8, 4) is 0 Å². The molecule has 8 heteroatoms. The van der Waals surface area contributed by atoms with Crippen molar-refractivity contribution in [2.24, 2.45) is 0 Å². The lowest BCUT2D eigenvalue weighted by Gasteiger charge is -2.22. The molecule has 24 heavy (non-hydrogen) atoms. The summed E-state index contributed by atoms with van der Waals surface area (Å²) >= 11 is 0. The van der Waals surface area contributed by atoms with Gasteiger partial charge >= 0.3 is 5.69 Å². The fourth-order valence-corrected chi connectivity index (χ4v) is 2.25. The van der Waals surface area contributed by atoms with Crippen molar-refractivity contribution in [1.29, 1.82) is 0 Å². The third-order valence-corrected chi connectivity index (χ3v) is 3.57. The molecule has 2 atom stereocenters. The summed E-state index contributed by atoms with van der Waals surface area (Å²) in [4.78, 5) is 37.2. The minimum atomic E-state index is -1.09. The highest BCUT2D eigenvalue weighted by atomic mass is 16.3. The van der Waals surface area contributed by atoms with Crippen LogP contribution in [0.2, 0.25) is 0 Å². The van der Waals surface area contributed by atoms with E-state index in [1.165, 1.54) is 13.1 Å². The monoisotopic (exact) mass is 333 g/mol. The molecule has 0 aliphatic heterocycles. The second-order valence-corrected chi connectivity index (χ2v) is 5.41. The molecule has 1 aromatic carbocycles. The highest BCUT2D eigenvalue weighted by molar-refractivity contribution is 5.76. The molecule has 0 aliphatic carbocycles. The topological polar surface area (TPSA) is 124 Å². The fraction of sp³-hybridized carbons (Fsp3) is 0.312. The Labute approximate surface area is 137 Å². The molecular weight excluding hydrogens is 314 g/mol. The van der Waals surface area contributed by atoms with Crippen LogP contribution in [0.15, 0.2) is 46.1 Å². The zero-order valence-corrected chi connectivity index (χ0v) is 13.1. The Hall–Kier alpha value is -2.71. The molecule has 0 saturated carbocycles. The van der Waals surface area contributed by atoms with E-state index in [-0.39, 0.29) is 6.54 Å². The van der Waals surface area contributed by atoms with Crippen LogP contribution in [0.25, 0.3) is 0 Å². The second-order valence-electron chi connectivity index (χ2n) is 5.41. The first-order valence-electron chi connectivity index (χ1n) is 7.36. The van der Waals surface area contributed by atoms with Gasteiger partial charge in [0.25, 0.3) is 5.56 Å². The van der Waals surface area contributed by atoms with E-state index in [0.717, 1.165) is 4.57 Å². The number of aliphatic hydroxyl groups excluding tert-OH is 2. The Kier molecular flexibility index (Phi) is 5.67. The molecule has 2 aromatic rings. The molecule has 2 rings (SSSR count).